The SMILES string of the molecule is Cc1cc(-c2nccn2C)nc([C@H]2CCCN(C(=O)c3cccs3)C2)n1. The first-order chi connectivity index (χ1) is 12.6. The maximum absolute atomic E-state index is 12.7. The highest BCUT2D eigenvalue weighted by molar-refractivity contribution is 7.12. The van der Waals surface area contributed by atoms with E-state index in [0.717, 1.165) is 47.3 Å². The summed E-state index contributed by atoms with van der Waals surface area (Å²) in [6.07, 6.45) is 5.65. The number of piperidine rings is 1. The van der Waals surface area contributed by atoms with E-state index in [4.69, 9.17) is 4.98 Å². The number of carbonyl (C=O) groups is 1. The Morgan fingerprint density at radius 1 is 1.35 bits per heavy atom. The van der Waals surface area contributed by atoms with Crippen LogP contribution in [-0.4, -0.2) is 43.4 Å². The number of likely N-dealkylation sites (tertiary alicyclic amines) is 1. The maximum atomic E-state index is 12.7. The first-order valence-corrected chi connectivity index (χ1v) is 9.66. The van der Waals surface area contributed by atoms with Crippen molar-refractivity contribution in [2.45, 2.75) is 25.7 Å². The van der Waals surface area contributed by atoms with Gasteiger partial charge in [-0.1, -0.05) is 6.07 Å². The topological polar surface area (TPSA) is 63.9 Å². The molecule has 0 bridgehead atoms. The summed E-state index contributed by atoms with van der Waals surface area (Å²) >= 11 is 1.49. The van der Waals surface area contributed by atoms with Crippen LogP contribution in [0.3, 0.4) is 0 Å². The number of thiophene rings is 1. The number of hydrogen-bond acceptors (Lipinski definition) is 5. The summed E-state index contributed by atoms with van der Waals surface area (Å²) in [4.78, 5) is 29.3. The summed E-state index contributed by atoms with van der Waals surface area (Å²) in [6.45, 7) is 3.44. The molecule has 1 aliphatic heterocycles. The molecule has 134 valence electrons. The Labute approximate surface area is 156 Å². The average Bonchev–Trinajstić information content (AvgIpc) is 3.32. The molecule has 0 aliphatic carbocycles. The zero-order chi connectivity index (χ0) is 18.1. The van der Waals surface area contributed by atoms with Crippen molar-refractivity contribution in [1.29, 1.82) is 0 Å². The standard InChI is InChI=1S/C19H21N5OS/c1-13-11-15(18-20-7-9-23(18)2)22-17(21-13)14-5-3-8-24(12-14)19(25)16-6-4-10-26-16/h4,6-7,9-11,14H,3,5,8,12H2,1-2H3/t14-/m0/s1. The summed E-state index contributed by atoms with van der Waals surface area (Å²) in [6, 6.07) is 5.77. The van der Waals surface area contributed by atoms with E-state index < -0.39 is 0 Å². The zero-order valence-electron chi connectivity index (χ0n) is 14.9. The molecule has 7 heteroatoms. The molecule has 1 saturated heterocycles. The van der Waals surface area contributed by atoms with Crippen molar-refractivity contribution in [1.82, 2.24) is 24.4 Å². The van der Waals surface area contributed by atoms with Crippen LogP contribution in [0.25, 0.3) is 11.5 Å². The highest BCUT2D eigenvalue weighted by Crippen LogP contribution is 2.28. The molecule has 0 spiro atoms. The number of carbonyl (C=O) groups excluding carboxylic acids is 1. The van der Waals surface area contributed by atoms with E-state index in [1.54, 1.807) is 6.20 Å². The van der Waals surface area contributed by atoms with Crippen LogP contribution in [0.1, 0.15) is 39.9 Å². The van der Waals surface area contributed by atoms with Crippen LogP contribution < -0.4 is 0 Å². The minimum absolute atomic E-state index is 0.113. The number of amides is 1. The fourth-order valence-corrected chi connectivity index (χ4v) is 4.12. The van der Waals surface area contributed by atoms with Crippen molar-refractivity contribution in [3.63, 3.8) is 0 Å². The largest absolute Gasteiger partial charge is 0.337 e. The molecular formula is C19H21N5OS. The molecule has 0 aromatic carbocycles. The van der Waals surface area contributed by atoms with E-state index in [1.807, 2.05) is 53.2 Å². The van der Waals surface area contributed by atoms with Gasteiger partial charge in [-0.05, 0) is 37.3 Å². The quantitative estimate of drug-likeness (QED) is 0.713. The van der Waals surface area contributed by atoms with Crippen LogP contribution in [0.4, 0.5) is 0 Å². The van der Waals surface area contributed by atoms with Gasteiger partial charge in [-0.25, -0.2) is 15.0 Å². The van der Waals surface area contributed by atoms with E-state index in [9.17, 15) is 4.79 Å². The van der Waals surface area contributed by atoms with Crippen LogP contribution in [0, 0.1) is 6.92 Å². The predicted molar refractivity (Wildman–Crippen MR) is 101 cm³/mol. The van der Waals surface area contributed by atoms with Crippen molar-refractivity contribution >= 4 is 17.2 Å². The van der Waals surface area contributed by atoms with Crippen LogP contribution >= 0.6 is 11.3 Å². The molecule has 3 aromatic rings. The van der Waals surface area contributed by atoms with Gasteiger partial charge in [0, 0.05) is 44.1 Å². The van der Waals surface area contributed by atoms with Crippen molar-refractivity contribution in [2.24, 2.45) is 7.05 Å². The normalized spacial score (nSPS) is 17.5. The number of hydrogen-bond donors (Lipinski definition) is 0. The van der Waals surface area contributed by atoms with E-state index in [-0.39, 0.29) is 11.8 Å². The third kappa shape index (κ3) is 3.26. The van der Waals surface area contributed by atoms with Crippen LogP contribution in [0.15, 0.2) is 36.0 Å². The lowest BCUT2D eigenvalue weighted by atomic mass is 9.96. The number of aryl methyl sites for hydroxylation is 2. The lowest BCUT2D eigenvalue weighted by molar-refractivity contribution is 0.0709. The van der Waals surface area contributed by atoms with E-state index >= 15 is 0 Å². The molecular weight excluding hydrogens is 346 g/mol. The van der Waals surface area contributed by atoms with Gasteiger partial charge in [-0.15, -0.1) is 11.3 Å². The lowest BCUT2D eigenvalue weighted by Crippen LogP contribution is -2.39. The van der Waals surface area contributed by atoms with Gasteiger partial charge in [0.05, 0.1) is 4.88 Å². The Kier molecular flexibility index (Phi) is 4.55. The van der Waals surface area contributed by atoms with Crippen molar-refractivity contribution in [2.75, 3.05) is 13.1 Å². The molecule has 0 unspecified atom stereocenters. The number of aromatic nitrogens is 4. The van der Waals surface area contributed by atoms with Crippen LogP contribution in [0.5, 0.6) is 0 Å². The van der Waals surface area contributed by atoms with Gasteiger partial charge in [0.1, 0.15) is 11.5 Å². The molecule has 3 aromatic heterocycles. The molecule has 6 nitrogen and oxygen atoms in total. The highest BCUT2D eigenvalue weighted by Gasteiger charge is 2.28. The summed E-state index contributed by atoms with van der Waals surface area (Å²) in [5.41, 5.74) is 1.76. The van der Waals surface area contributed by atoms with Gasteiger partial charge in [0.15, 0.2) is 5.82 Å². The van der Waals surface area contributed by atoms with Crippen molar-refractivity contribution in [3.8, 4) is 11.5 Å². The van der Waals surface area contributed by atoms with Crippen LogP contribution in [-0.2, 0) is 7.05 Å². The molecule has 4 heterocycles. The average molecular weight is 367 g/mol. The predicted octanol–water partition coefficient (Wildman–Crippen LogP) is 3.27. The van der Waals surface area contributed by atoms with E-state index in [2.05, 4.69) is 9.97 Å². The molecule has 0 N–H and O–H groups in total. The Hall–Kier alpha value is -2.54. The second-order valence-electron chi connectivity index (χ2n) is 6.68. The van der Waals surface area contributed by atoms with Gasteiger partial charge in [-0.2, -0.15) is 0 Å². The highest BCUT2D eigenvalue weighted by atomic mass is 32.1. The van der Waals surface area contributed by atoms with Crippen molar-refractivity contribution < 1.29 is 4.79 Å². The van der Waals surface area contributed by atoms with Gasteiger partial charge in [0.2, 0.25) is 0 Å². The van der Waals surface area contributed by atoms with Crippen LogP contribution in [0.2, 0.25) is 0 Å². The maximum Gasteiger partial charge on any atom is 0.263 e. The third-order valence-corrected chi connectivity index (χ3v) is 5.59. The van der Waals surface area contributed by atoms with Gasteiger partial charge in [0.25, 0.3) is 5.91 Å². The van der Waals surface area contributed by atoms with Gasteiger partial charge >= 0.3 is 0 Å². The number of nitrogens with zero attached hydrogens (tertiary/aromatic N) is 5. The molecule has 1 aliphatic rings. The number of rotatable bonds is 3. The third-order valence-electron chi connectivity index (χ3n) is 4.73. The summed E-state index contributed by atoms with van der Waals surface area (Å²) in [5.74, 6) is 1.92. The molecule has 0 saturated carbocycles. The van der Waals surface area contributed by atoms with E-state index in [1.165, 1.54) is 11.3 Å². The Bertz CT molecular complexity index is 918. The molecule has 26 heavy (non-hydrogen) atoms. The zero-order valence-corrected chi connectivity index (χ0v) is 15.7. The second-order valence-corrected chi connectivity index (χ2v) is 7.63. The van der Waals surface area contributed by atoms with Gasteiger partial charge < -0.3 is 9.47 Å². The molecule has 1 fully saturated rings. The first-order valence-electron chi connectivity index (χ1n) is 8.78. The monoisotopic (exact) mass is 367 g/mol. The molecule has 1 atom stereocenters. The molecule has 0 radical (unpaired) electrons. The summed E-state index contributed by atoms with van der Waals surface area (Å²) < 4.78 is 1.96. The van der Waals surface area contributed by atoms with Gasteiger partial charge in [-0.3, -0.25) is 4.79 Å². The Morgan fingerprint density at radius 2 is 2.23 bits per heavy atom. The Morgan fingerprint density at radius 3 is 2.96 bits per heavy atom. The summed E-state index contributed by atoms with van der Waals surface area (Å²) in [7, 11) is 1.96. The van der Waals surface area contributed by atoms with Crippen molar-refractivity contribution in [3.05, 3.63) is 52.4 Å². The fraction of sp³-hybridized carbons (Fsp3) is 0.368. The fourth-order valence-electron chi connectivity index (χ4n) is 3.43. The summed E-state index contributed by atoms with van der Waals surface area (Å²) in [5, 5.41) is 1.94. The smallest absolute Gasteiger partial charge is 0.263 e. The van der Waals surface area contributed by atoms with E-state index in [0.29, 0.717) is 6.54 Å². The first kappa shape index (κ1) is 16.9. The second kappa shape index (κ2) is 6.99. The lowest BCUT2D eigenvalue weighted by Gasteiger charge is -2.32. The minimum Gasteiger partial charge on any atom is -0.337 e. The Balaban J connectivity index is 1.60. The number of imidazole rings is 1. The molecule has 4 rings (SSSR count). The minimum atomic E-state index is 0.113. The molecule has 1 amide bonds.